The van der Waals surface area contributed by atoms with Crippen LogP contribution in [0.25, 0.3) is 10.9 Å². The fourth-order valence-electron chi connectivity index (χ4n) is 7.05. The van der Waals surface area contributed by atoms with Gasteiger partial charge in [-0.3, -0.25) is 9.88 Å². The Hall–Kier alpha value is -1.77. The van der Waals surface area contributed by atoms with Gasteiger partial charge in [-0.1, -0.05) is 32.1 Å². The third-order valence-corrected chi connectivity index (χ3v) is 9.81. The molecule has 2 aromatic rings. The molecule has 1 saturated carbocycles. The van der Waals surface area contributed by atoms with Crippen LogP contribution in [0.3, 0.4) is 0 Å². The van der Waals surface area contributed by atoms with Crippen LogP contribution in [-0.4, -0.2) is 84.7 Å². The smallest absolute Gasteiger partial charge is 0.119 e. The predicted molar refractivity (Wildman–Crippen MR) is 155 cm³/mol. The Bertz CT molecular complexity index is 1040. The van der Waals surface area contributed by atoms with Gasteiger partial charge in [-0.2, -0.15) is 0 Å². The van der Waals surface area contributed by atoms with Gasteiger partial charge in [0.05, 0.1) is 31.9 Å². The van der Waals surface area contributed by atoms with E-state index in [9.17, 15) is 10.2 Å². The van der Waals surface area contributed by atoms with Crippen LogP contribution in [0.5, 0.6) is 5.75 Å². The van der Waals surface area contributed by atoms with E-state index in [1.165, 1.54) is 45.1 Å². The molecule has 2 saturated heterocycles. The van der Waals surface area contributed by atoms with E-state index in [4.69, 9.17) is 14.5 Å². The standard InChI is InChI=1S/C32H49N3O4/c1-38-27-7-8-29-28(21-27)31(26(22-33-29)23-35-17-19-39-20-18-35)30(37)9-11-32(24-36)12-15-34(16-13-32)14-10-25-5-3-2-4-6-25/h7-8,21-22,25,30,36-37H,2-6,9-20,23-24H2,1H3/t30-/m1/s1. The maximum atomic E-state index is 11.7. The third-order valence-electron chi connectivity index (χ3n) is 9.81. The summed E-state index contributed by atoms with van der Waals surface area (Å²) in [5.41, 5.74) is 2.80. The number of benzene rings is 1. The monoisotopic (exact) mass is 539 g/mol. The minimum atomic E-state index is -0.619. The normalized spacial score (nSPS) is 22.2. The molecule has 1 atom stereocenters. The molecule has 0 spiro atoms. The van der Waals surface area contributed by atoms with E-state index in [-0.39, 0.29) is 12.0 Å². The Balaban J connectivity index is 1.25. The minimum Gasteiger partial charge on any atom is -0.497 e. The van der Waals surface area contributed by atoms with Gasteiger partial charge >= 0.3 is 0 Å². The van der Waals surface area contributed by atoms with E-state index in [0.29, 0.717) is 6.42 Å². The molecular weight excluding hydrogens is 490 g/mol. The SMILES string of the molecule is COc1ccc2ncc(CN3CCOCC3)c([C@H](O)CCC3(CO)CCN(CCC4CCCCC4)CC3)c2c1. The van der Waals surface area contributed by atoms with Gasteiger partial charge in [0.25, 0.3) is 0 Å². The van der Waals surface area contributed by atoms with Gasteiger partial charge in [0.2, 0.25) is 0 Å². The number of aromatic nitrogens is 1. The van der Waals surface area contributed by atoms with Crippen molar-refractivity contribution in [1.82, 2.24) is 14.8 Å². The van der Waals surface area contributed by atoms with Gasteiger partial charge in [0, 0.05) is 37.8 Å². The zero-order chi connectivity index (χ0) is 27.1. The van der Waals surface area contributed by atoms with Crippen molar-refractivity contribution < 1.29 is 19.7 Å². The van der Waals surface area contributed by atoms with Crippen molar-refractivity contribution in [1.29, 1.82) is 0 Å². The first-order chi connectivity index (χ1) is 19.1. The Morgan fingerprint density at radius 3 is 2.56 bits per heavy atom. The minimum absolute atomic E-state index is 0.104. The molecule has 0 unspecified atom stereocenters. The van der Waals surface area contributed by atoms with Gasteiger partial charge in [-0.25, -0.2) is 0 Å². The number of fused-ring (bicyclic) bond motifs is 1. The van der Waals surface area contributed by atoms with Crippen molar-refractivity contribution in [2.45, 2.75) is 76.9 Å². The molecular formula is C32H49N3O4. The maximum Gasteiger partial charge on any atom is 0.119 e. The lowest BCUT2D eigenvalue weighted by molar-refractivity contribution is 0.0212. The molecule has 39 heavy (non-hydrogen) atoms. The fourth-order valence-corrected chi connectivity index (χ4v) is 7.05. The highest BCUT2D eigenvalue weighted by molar-refractivity contribution is 5.85. The quantitative estimate of drug-likeness (QED) is 0.419. The summed E-state index contributed by atoms with van der Waals surface area (Å²) in [6, 6.07) is 5.91. The van der Waals surface area contributed by atoms with E-state index in [1.807, 2.05) is 24.4 Å². The lowest BCUT2D eigenvalue weighted by Gasteiger charge is -2.42. The summed E-state index contributed by atoms with van der Waals surface area (Å²) in [4.78, 5) is 9.72. The van der Waals surface area contributed by atoms with Crippen LogP contribution in [0.4, 0.5) is 0 Å². The summed E-state index contributed by atoms with van der Waals surface area (Å²) < 4.78 is 11.1. The summed E-state index contributed by atoms with van der Waals surface area (Å²) in [7, 11) is 1.68. The van der Waals surface area contributed by atoms with Crippen LogP contribution in [-0.2, 0) is 11.3 Å². The Morgan fingerprint density at radius 2 is 1.85 bits per heavy atom. The Morgan fingerprint density at radius 1 is 1.08 bits per heavy atom. The molecule has 0 bridgehead atoms. The summed E-state index contributed by atoms with van der Waals surface area (Å²) in [5, 5.41) is 23.2. The number of piperidine rings is 1. The van der Waals surface area contributed by atoms with E-state index < -0.39 is 6.10 Å². The van der Waals surface area contributed by atoms with Crippen molar-refractivity contribution in [3.63, 3.8) is 0 Å². The number of aliphatic hydroxyl groups is 2. The average molecular weight is 540 g/mol. The number of methoxy groups -OCH3 is 1. The first-order valence-electron chi connectivity index (χ1n) is 15.4. The van der Waals surface area contributed by atoms with E-state index >= 15 is 0 Å². The number of nitrogens with zero attached hydrogens (tertiary/aromatic N) is 3. The number of rotatable bonds is 11. The summed E-state index contributed by atoms with van der Waals surface area (Å²) >= 11 is 0. The molecule has 3 aliphatic rings. The molecule has 2 aliphatic heterocycles. The number of morpholine rings is 1. The Kier molecular flexibility index (Phi) is 10.1. The molecule has 1 aliphatic carbocycles. The van der Waals surface area contributed by atoms with E-state index in [2.05, 4.69) is 9.80 Å². The number of ether oxygens (including phenoxy) is 2. The molecule has 7 heteroatoms. The van der Waals surface area contributed by atoms with Gasteiger partial charge in [-0.05, 0) is 92.4 Å². The summed E-state index contributed by atoms with van der Waals surface area (Å²) in [6.07, 6.45) is 13.2. The number of hydrogen-bond acceptors (Lipinski definition) is 7. The Labute approximate surface area is 234 Å². The second kappa shape index (κ2) is 13.7. The van der Waals surface area contributed by atoms with E-state index in [1.54, 1.807) is 7.11 Å². The average Bonchev–Trinajstić information content (AvgIpc) is 3.00. The number of pyridine rings is 1. The van der Waals surface area contributed by atoms with Crippen LogP contribution < -0.4 is 4.74 Å². The fraction of sp³-hybridized carbons (Fsp3) is 0.719. The van der Waals surface area contributed by atoms with Gasteiger partial charge in [0.1, 0.15) is 5.75 Å². The molecule has 216 valence electrons. The second-order valence-corrected chi connectivity index (χ2v) is 12.3. The van der Waals surface area contributed by atoms with Crippen molar-refractivity contribution in [3.8, 4) is 5.75 Å². The van der Waals surface area contributed by atoms with Gasteiger partial charge < -0.3 is 24.6 Å². The van der Waals surface area contributed by atoms with Crippen LogP contribution in [0, 0.1) is 11.3 Å². The number of likely N-dealkylation sites (tertiary alicyclic amines) is 1. The van der Waals surface area contributed by atoms with Crippen LogP contribution in [0.2, 0.25) is 0 Å². The van der Waals surface area contributed by atoms with E-state index in [0.717, 1.165) is 98.9 Å². The van der Waals surface area contributed by atoms with Crippen molar-refractivity contribution >= 4 is 10.9 Å². The molecule has 7 nitrogen and oxygen atoms in total. The highest BCUT2D eigenvalue weighted by atomic mass is 16.5. The second-order valence-electron chi connectivity index (χ2n) is 12.3. The van der Waals surface area contributed by atoms with Crippen molar-refractivity contribution in [2.24, 2.45) is 11.3 Å². The van der Waals surface area contributed by atoms with Crippen molar-refractivity contribution in [3.05, 3.63) is 35.5 Å². The molecule has 2 N–H and O–H groups in total. The zero-order valence-corrected chi connectivity index (χ0v) is 24.0. The van der Waals surface area contributed by atoms with Crippen LogP contribution >= 0.6 is 0 Å². The molecule has 1 aromatic carbocycles. The van der Waals surface area contributed by atoms with Crippen LogP contribution in [0.15, 0.2) is 24.4 Å². The van der Waals surface area contributed by atoms with Crippen molar-refractivity contribution in [2.75, 3.05) is 59.7 Å². The summed E-state index contributed by atoms with van der Waals surface area (Å²) in [5.74, 6) is 1.69. The van der Waals surface area contributed by atoms with Crippen LogP contribution in [0.1, 0.15) is 81.4 Å². The lowest BCUT2D eigenvalue weighted by atomic mass is 9.74. The molecule has 0 amide bonds. The molecule has 0 radical (unpaired) electrons. The highest BCUT2D eigenvalue weighted by Crippen LogP contribution is 2.40. The molecule has 3 heterocycles. The lowest BCUT2D eigenvalue weighted by Crippen LogP contribution is -2.42. The third kappa shape index (κ3) is 7.31. The summed E-state index contributed by atoms with van der Waals surface area (Å²) in [6.45, 7) is 7.51. The topological polar surface area (TPSA) is 78.3 Å². The number of hydrogen-bond donors (Lipinski definition) is 2. The number of aliphatic hydroxyl groups excluding tert-OH is 2. The zero-order valence-electron chi connectivity index (χ0n) is 24.0. The molecule has 1 aromatic heterocycles. The van der Waals surface area contributed by atoms with Gasteiger partial charge in [-0.15, -0.1) is 0 Å². The molecule has 3 fully saturated rings. The highest BCUT2D eigenvalue weighted by Gasteiger charge is 2.35. The first kappa shape index (κ1) is 28.7. The predicted octanol–water partition coefficient (Wildman–Crippen LogP) is 4.93. The molecule has 5 rings (SSSR count). The first-order valence-corrected chi connectivity index (χ1v) is 15.4. The largest absolute Gasteiger partial charge is 0.497 e. The maximum absolute atomic E-state index is 11.7. The van der Waals surface area contributed by atoms with Gasteiger partial charge in [0.15, 0.2) is 0 Å².